The Morgan fingerprint density at radius 2 is 1.65 bits per heavy atom. The summed E-state index contributed by atoms with van der Waals surface area (Å²) in [7, 11) is 3.05. The lowest BCUT2D eigenvalue weighted by Crippen LogP contribution is -2.10. The van der Waals surface area contributed by atoms with Gasteiger partial charge in [-0.05, 0) is 11.3 Å². The number of benzene rings is 2. The number of hydrogen-bond acceptors (Lipinski definition) is 7. The molecule has 9 nitrogen and oxygen atoms in total. The maximum atomic E-state index is 12.5. The molecule has 0 amide bonds. The van der Waals surface area contributed by atoms with Crippen molar-refractivity contribution in [1.29, 1.82) is 0 Å². The van der Waals surface area contributed by atoms with Gasteiger partial charge in [0.05, 0.1) is 25.1 Å². The van der Waals surface area contributed by atoms with Crippen molar-refractivity contribution in [3.05, 3.63) is 46.8 Å². The van der Waals surface area contributed by atoms with Gasteiger partial charge in [-0.2, -0.15) is 5.21 Å². The van der Waals surface area contributed by atoms with E-state index < -0.39 is 0 Å². The molecule has 0 aliphatic carbocycles. The molecule has 2 aromatic heterocycles. The van der Waals surface area contributed by atoms with Gasteiger partial charge in [0.2, 0.25) is 5.82 Å². The maximum Gasteiger partial charge on any atom is 0.259 e. The van der Waals surface area contributed by atoms with E-state index in [1.807, 2.05) is 24.3 Å². The highest BCUT2D eigenvalue weighted by molar-refractivity contribution is 5.83. The van der Waals surface area contributed by atoms with Gasteiger partial charge in [-0.1, -0.05) is 24.3 Å². The van der Waals surface area contributed by atoms with Crippen molar-refractivity contribution in [2.24, 2.45) is 0 Å². The number of nitrogens with zero attached hydrogens (tertiary/aromatic N) is 4. The van der Waals surface area contributed by atoms with Crippen molar-refractivity contribution >= 4 is 10.9 Å². The minimum Gasteiger partial charge on any atom is -0.493 e. The highest BCUT2D eigenvalue weighted by Gasteiger charge is 2.12. The van der Waals surface area contributed by atoms with Gasteiger partial charge < -0.3 is 14.5 Å². The molecule has 0 bridgehead atoms. The maximum absolute atomic E-state index is 12.5. The molecule has 4 rings (SSSR count). The SMILES string of the molecule is COc1cc2nc(-c3ccc(-c4nn[nH]n4)cc3)[nH]c(=O)c2cc1OC. The van der Waals surface area contributed by atoms with Gasteiger partial charge in [0.25, 0.3) is 5.56 Å². The molecule has 2 aromatic carbocycles. The molecule has 0 fully saturated rings. The minimum atomic E-state index is -0.256. The average Bonchev–Trinajstić information content (AvgIpc) is 3.22. The van der Waals surface area contributed by atoms with Gasteiger partial charge in [0, 0.05) is 17.2 Å². The topological polar surface area (TPSA) is 119 Å². The molecule has 0 unspecified atom stereocenters. The van der Waals surface area contributed by atoms with Gasteiger partial charge in [0.15, 0.2) is 11.5 Å². The molecule has 130 valence electrons. The summed E-state index contributed by atoms with van der Waals surface area (Å²) in [6.07, 6.45) is 0. The Balaban J connectivity index is 1.80. The minimum absolute atomic E-state index is 0.256. The first-order valence-corrected chi connectivity index (χ1v) is 7.70. The molecule has 0 saturated carbocycles. The van der Waals surface area contributed by atoms with Crippen molar-refractivity contribution in [3.63, 3.8) is 0 Å². The van der Waals surface area contributed by atoms with E-state index in [1.54, 1.807) is 12.1 Å². The Kier molecular flexibility index (Phi) is 3.81. The van der Waals surface area contributed by atoms with Crippen LogP contribution in [0.5, 0.6) is 11.5 Å². The van der Waals surface area contributed by atoms with Gasteiger partial charge in [-0.25, -0.2) is 4.98 Å². The van der Waals surface area contributed by atoms with Crippen molar-refractivity contribution in [2.75, 3.05) is 14.2 Å². The largest absolute Gasteiger partial charge is 0.493 e. The summed E-state index contributed by atoms with van der Waals surface area (Å²) >= 11 is 0. The summed E-state index contributed by atoms with van der Waals surface area (Å²) in [5.41, 5.74) is 1.82. The van der Waals surface area contributed by atoms with Gasteiger partial charge in [-0.3, -0.25) is 4.79 Å². The molecular weight excluding hydrogens is 336 g/mol. The Hall–Kier alpha value is -3.75. The van der Waals surface area contributed by atoms with E-state index >= 15 is 0 Å². The monoisotopic (exact) mass is 350 g/mol. The van der Waals surface area contributed by atoms with Crippen LogP contribution in [-0.2, 0) is 0 Å². The zero-order valence-electron chi connectivity index (χ0n) is 14.0. The molecule has 2 N–H and O–H groups in total. The summed E-state index contributed by atoms with van der Waals surface area (Å²) < 4.78 is 10.5. The molecule has 0 aliphatic heterocycles. The number of fused-ring (bicyclic) bond motifs is 1. The van der Waals surface area contributed by atoms with Crippen LogP contribution in [-0.4, -0.2) is 44.8 Å². The molecule has 0 spiro atoms. The lowest BCUT2D eigenvalue weighted by molar-refractivity contribution is 0.355. The van der Waals surface area contributed by atoms with Crippen LogP contribution in [0.1, 0.15) is 0 Å². The van der Waals surface area contributed by atoms with E-state index in [-0.39, 0.29) is 5.56 Å². The van der Waals surface area contributed by atoms with Crippen molar-refractivity contribution in [2.45, 2.75) is 0 Å². The zero-order chi connectivity index (χ0) is 18.1. The van der Waals surface area contributed by atoms with Crippen LogP contribution < -0.4 is 15.0 Å². The molecule has 0 atom stereocenters. The van der Waals surface area contributed by atoms with Gasteiger partial charge in [-0.15, -0.1) is 10.2 Å². The fraction of sp³-hybridized carbons (Fsp3) is 0.118. The number of hydrogen-bond donors (Lipinski definition) is 2. The Morgan fingerprint density at radius 3 is 2.31 bits per heavy atom. The molecule has 0 aliphatic rings. The third kappa shape index (κ3) is 2.65. The fourth-order valence-electron chi connectivity index (χ4n) is 2.66. The number of nitrogens with one attached hydrogen (secondary N) is 2. The Morgan fingerprint density at radius 1 is 0.962 bits per heavy atom. The van der Waals surface area contributed by atoms with Crippen LogP contribution in [0.3, 0.4) is 0 Å². The second kappa shape index (κ2) is 6.28. The molecule has 4 aromatic rings. The van der Waals surface area contributed by atoms with Gasteiger partial charge in [0.1, 0.15) is 5.82 Å². The molecule has 9 heteroatoms. The summed E-state index contributed by atoms with van der Waals surface area (Å²) in [4.78, 5) is 19.8. The van der Waals surface area contributed by atoms with E-state index in [0.717, 1.165) is 11.1 Å². The summed E-state index contributed by atoms with van der Waals surface area (Å²) in [5.74, 6) is 1.93. The van der Waals surface area contributed by atoms with E-state index in [9.17, 15) is 4.79 Å². The highest BCUT2D eigenvalue weighted by atomic mass is 16.5. The van der Waals surface area contributed by atoms with Crippen LogP contribution in [0.2, 0.25) is 0 Å². The van der Waals surface area contributed by atoms with E-state index in [1.165, 1.54) is 14.2 Å². The summed E-state index contributed by atoms with van der Waals surface area (Å²) in [5, 5.41) is 14.2. The number of aromatic amines is 2. The van der Waals surface area contributed by atoms with Crippen LogP contribution >= 0.6 is 0 Å². The van der Waals surface area contributed by atoms with Crippen molar-refractivity contribution in [1.82, 2.24) is 30.6 Å². The second-order valence-electron chi connectivity index (χ2n) is 5.45. The van der Waals surface area contributed by atoms with Crippen molar-refractivity contribution < 1.29 is 9.47 Å². The first-order chi connectivity index (χ1) is 12.7. The average molecular weight is 350 g/mol. The first kappa shape index (κ1) is 15.8. The standard InChI is InChI=1S/C17H14N6O3/c1-25-13-7-11-12(8-14(13)26-2)18-15(19-17(11)24)9-3-5-10(6-4-9)16-20-22-23-21-16/h3-8H,1-2H3,(H,18,19,24)(H,20,21,22,23). The summed E-state index contributed by atoms with van der Waals surface area (Å²) in [6, 6.07) is 10.6. The Labute approximate surface area is 147 Å². The molecule has 0 saturated heterocycles. The third-order valence-electron chi connectivity index (χ3n) is 3.97. The predicted octanol–water partition coefficient (Wildman–Crippen LogP) is 1.79. The lowest BCUT2D eigenvalue weighted by atomic mass is 10.1. The zero-order valence-corrected chi connectivity index (χ0v) is 14.0. The second-order valence-corrected chi connectivity index (χ2v) is 5.45. The summed E-state index contributed by atoms with van der Waals surface area (Å²) in [6.45, 7) is 0. The lowest BCUT2D eigenvalue weighted by Gasteiger charge is -2.09. The van der Waals surface area contributed by atoms with Crippen LogP contribution in [0, 0.1) is 0 Å². The molecule has 0 radical (unpaired) electrons. The number of H-pyrrole nitrogens is 2. The number of methoxy groups -OCH3 is 2. The quantitative estimate of drug-likeness (QED) is 0.576. The first-order valence-electron chi connectivity index (χ1n) is 7.70. The van der Waals surface area contributed by atoms with E-state index in [0.29, 0.717) is 34.1 Å². The van der Waals surface area contributed by atoms with Crippen LogP contribution in [0.25, 0.3) is 33.7 Å². The number of aromatic nitrogens is 6. The molecular formula is C17H14N6O3. The molecule has 26 heavy (non-hydrogen) atoms. The van der Waals surface area contributed by atoms with Crippen LogP contribution in [0.15, 0.2) is 41.2 Å². The third-order valence-corrected chi connectivity index (χ3v) is 3.97. The number of ether oxygens (including phenoxy) is 2. The van der Waals surface area contributed by atoms with E-state index in [2.05, 4.69) is 30.6 Å². The van der Waals surface area contributed by atoms with E-state index in [4.69, 9.17) is 9.47 Å². The van der Waals surface area contributed by atoms with Gasteiger partial charge >= 0.3 is 0 Å². The van der Waals surface area contributed by atoms with Crippen molar-refractivity contribution in [3.8, 4) is 34.3 Å². The Bertz CT molecular complexity index is 1120. The smallest absolute Gasteiger partial charge is 0.259 e. The van der Waals surface area contributed by atoms with Crippen LogP contribution in [0.4, 0.5) is 0 Å². The molecule has 2 heterocycles. The number of tetrazole rings is 1. The normalized spacial score (nSPS) is 10.8. The fourth-order valence-corrected chi connectivity index (χ4v) is 2.66. The number of rotatable bonds is 4. The predicted molar refractivity (Wildman–Crippen MR) is 94.1 cm³/mol. The highest BCUT2D eigenvalue weighted by Crippen LogP contribution is 2.30.